The van der Waals surface area contributed by atoms with Crippen LogP contribution in [0.4, 0.5) is 0 Å². The van der Waals surface area contributed by atoms with Gasteiger partial charge in [0.05, 0.1) is 0 Å². The molecule has 4 heteroatoms. The second-order valence-electron chi connectivity index (χ2n) is 6.27. The van der Waals surface area contributed by atoms with Crippen molar-refractivity contribution >= 4 is 11.9 Å². The van der Waals surface area contributed by atoms with Crippen molar-refractivity contribution in [1.29, 1.82) is 0 Å². The first kappa shape index (κ1) is 18.4. The first-order chi connectivity index (χ1) is 13.1. The predicted molar refractivity (Wildman–Crippen MR) is 105 cm³/mol. The molecule has 0 radical (unpaired) electrons. The number of esters is 1. The van der Waals surface area contributed by atoms with Crippen LogP contribution < -0.4 is 5.32 Å². The van der Waals surface area contributed by atoms with Gasteiger partial charge in [-0.05, 0) is 35.7 Å². The molecule has 3 aromatic rings. The minimum atomic E-state index is -0.468. The zero-order valence-electron chi connectivity index (χ0n) is 15.1. The highest BCUT2D eigenvalue weighted by Crippen LogP contribution is 2.19. The van der Waals surface area contributed by atoms with Gasteiger partial charge in [-0.15, -0.1) is 0 Å². The van der Waals surface area contributed by atoms with E-state index in [1.807, 2.05) is 73.7 Å². The highest BCUT2D eigenvalue weighted by Gasteiger charge is 2.09. The second-order valence-corrected chi connectivity index (χ2v) is 6.27. The summed E-state index contributed by atoms with van der Waals surface area (Å²) in [5, 5.41) is 2.59. The lowest BCUT2D eigenvalue weighted by Crippen LogP contribution is -2.30. The van der Waals surface area contributed by atoms with E-state index in [0.717, 1.165) is 22.3 Å². The molecule has 0 saturated carbocycles. The van der Waals surface area contributed by atoms with Gasteiger partial charge in [-0.25, -0.2) is 0 Å². The van der Waals surface area contributed by atoms with Crippen molar-refractivity contribution in [3.8, 4) is 11.1 Å². The van der Waals surface area contributed by atoms with E-state index in [-0.39, 0.29) is 19.1 Å². The number of nitrogens with one attached hydrogen (secondary N) is 1. The van der Waals surface area contributed by atoms with E-state index in [0.29, 0.717) is 5.56 Å². The Morgan fingerprint density at radius 3 is 2.11 bits per heavy atom. The molecule has 0 aliphatic heterocycles. The lowest BCUT2D eigenvalue weighted by molar-refractivity contribution is -0.143. The Kier molecular flexibility index (Phi) is 6.00. The van der Waals surface area contributed by atoms with Crippen LogP contribution in [0.1, 0.15) is 21.5 Å². The number of carbonyl (C=O) groups is 2. The molecule has 0 heterocycles. The third-order valence-corrected chi connectivity index (χ3v) is 4.17. The standard InChI is InChI=1S/C23H21NO3/c1-17-7-9-18(10-8-17)16-27-22(25)15-24-23(26)21-13-11-20(12-14-21)19-5-3-2-4-6-19/h2-14H,15-16H2,1H3,(H,24,26). The average molecular weight is 359 g/mol. The summed E-state index contributed by atoms with van der Waals surface area (Å²) in [4.78, 5) is 24.0. The van der Waals surface area contributed by atoms with E-state index in [9.17, 15) is 9.59 Å². The lowest BCUT2D eigenvalue weighted by atomic mass is 10.0. The average Bonchev–Trinajstić information content (AvgIpc) is 2.72. The van der Waals surface area contributed by atoms with Crippen LogP contribution in [-0.2, 0) is 16.1 Å². The van der Waals surface area contributed by atoms with Gasteiger partial charge in [0.2, 0.25) is 0 Å². The van der Waals surface area contributed by atoms with E-state index >= 15 is 0 Å². The molecule has 0 saturated heterocycles. The fourth-order valence-electron chi connectivity index (χ4n) is 2.60. The highest BCUT2D eigenvalue weighted by atomic mass is 16.5. The largest absolute Gasteiger partial charge is 0.460 e. The topological polar surface area (TPSA) is 55.4 Å². The van der Waals surface area contributed by atoms with E-state index in [1.165, 1.54) is 0 Å². The van der Waals surface area contributed by atoms with E-state index in [2.05, 4.69) is 5.32 Å². The first-order valence-corrected chi connectivity index (χ1v) is 8.77. The summed E-state index contributed by atoms with van der Waals surface area (Å²) in [6.45, 7) is 2.03. The molecule has 1 N–H and O–H groups in total. The molecule has 4 nitrogen and oxygen atoms in total. The predicted octanol–water partition coefficient (Wildman–Crippen LogP) is 4.14. The van der Waals surface area contributed by atoms with Gasteiger partial charge >= 0.3 is 5.97 Å². The molecule has 136 valence electrons. The highest BCUT2D eigenvalue weighted by molar-refractivity contribution is 5.96. The minimum Gasteiger partial charge on any atom is -0.460 e. The first-order valence-electron chi connectivity index (χ1n) is 8.77. The fraction of sp³-hybridized carbons (Fsp3) is 0.130. The quantitative estimate of drug-likeness (QED) is 0.673. The molecule has 0 atom stereocenters. The molecule has 27 heavy (non-hydrogen) atoms. The van der Waals surface area contributed by atoms with Gasteiger partial charge in [0.1, 0.15) is 13.2 Å². The van der Waals surface area contributed by atoms with Crippen molar-refractivity contribution in [2.24, 2.45) is 0 Å². The maximum Gasteiger partial charge on any atom is 0.325 e. The molecule has 0 aromatic heterocycles. The molecule has 0 fully saturated rings. The Labute approximate surface area is 158 Å². The summed E-state index contributed by atoms with van der Waals surface area (Å²) in [6.07, 6.45) is 0. The zero-order valence-corrected chi connectivity index (χ0v) is 15.1. The Bertz CT molecular complexity index is 901. The molecule has 3 rings (SSSR count). The van der Waals surface area contributed by atoms with Gasteiger partial charge in [0.25, 0.3) is 5.91 Å². The zero-order chi connectivity index (χ0) is 19.1. The molecule has 0 aliphatic rings. The molecule has 0 aliphatic carbocycles. The van der Waals surface area contributed by atoms with E-state index in [1.54, 1.807) is 12.1 Å². The number of amides is 1. The number of carbonyl (C=O) groups excluding carboxylic acids is 2. The Balaban J connectivity index is 1.48. The lowest BCUT2D eigenvalue weighted by Gasteiger charge is -2.08. The summed E-state index contributed by atoms with van der Waals surface area (Å²) in [5.74, 6) is -0.772. The molecular weight excluding hydrogens is 338 g/mol. The van der Waals surface area contributed by atoms with E-state index in [4.69, 9.17) is 4.74 Å². The van der Waals surface area contributed by atoms with Crippen molar-refractivity contribution in [3.05, 3.63) is 95.6 Å². The Morgan fingerprint density at radius 2 is 1.44 bits per heavy atom. The van der Waals surface area contributed by atoms with Crippen molar-refractivity contribution in [2.45, 2.75) is 13.5 Å². The summed E-state index contributed by atoms with van der Waals surface area (Å²) in [7, 11) is 0. The number of hydrogen-bond donors (Lipinski definition) is 1. The molecular formula is C23H21NO3. The Morgan fingerprint density at radius 1 is 0.815 bits per heavy atom. The third-order valence-electron chi connectivity index (χ3n) is 4.17. The van der Waals surface area contributed by atoms with Crippen molar-refractivity contribution in [1.82, 2.24) is 5.32 Å². The SMILES string of the molecule is Cc1ccc(COC(=O)CNC(=O)c2ccc(-c3ccccc3)cc2)cc1. The van der Waals surface area contributed by atoms with E-state index < -0.39 is 5.97 Å². The van der Waals surface area contributed by atoms with Gasteiger partial charge < -0.3 is 10.1 Å². The minimum absolute atomic E-state index is 0.162. The van der Waals surface area contributed by atoms with Gasteiger partial charge in [-0.2, -0.15) is 0 Å². The van der Waals surface area contributed by atoms with Crippen LogP contribution in [0, 0.1) is 6.92 Å². The summed E-state index contributed by atoms with van der Waals surface area (Å²) < 4.78 is 5.18. The molecule has 1 amide bonds. The van der Waals surface area contributed by atoms with Gasteiger partial charge in [-0.1, -0.05) is 72.3 Å². The summed E-state index contributed by atoms with van der Waals surface area (Å²) >= 11 is 0. The van der Waals surface area contributed by atoms with Crippen LogP contribution in [0.2, 0.25) is 0 Å². The monoisotopic (exact) mass is 359 g/mol. The molecule has 0 unspecified atom stereocenters. The van der Waals surface area contributed by atoms with Crippen molar-refractivity contribution in [3.63, 3.8) is 0 Å². The summed E-state index contributed by atoms with van der Waals surface area (Å²) in [5.41, 5.74) is 4.68. The second kappa shape index (κ2) is 8.81. The van der Waals surface area contributed by atoms with Crippen LogP contribution in [-0.4, -0.2) is 18.4 Å². The number of aryl methyl sites for hydroxylation is 1. The fourth-order valence-corrected chi connectivity index (χ4v) is 2.60. The van der Waals surface area contributed by atoms with Crippen LogP contribution in [0.5, 0.6) is 0 Å². The van der Waals surface area contributed by atoms with Crippen LogP contribution >= 0.6 is 0 Å². The maximum atomic E-state index is 12.2. The molecule has 3 aromatic carbocycles. The van der Waals surface area contributed by atoms with Crippen LogP contribution in [0.3, 0.4) is 0 Å². The molecule has 0 bridgehead atoms. The third kappa shape index (κ3) is 5.28. The van der Waals surface area contributed by atoms with Crippen LogP contribution in [0.15, 0.2) is 78.9 Å². The van der Waals surface area contributed by atoms with Gasteiger partial charge in [0, 0.05) is 5.56 Å². The maximum absolute atomic E-state index is 12.2. The number of hydrogen-bond acceptors (Lipinski definition) is 3. The van der Waals surface area contributed by atoms with Gasteiger partial charge in [0.15, 0.2) is 0 Å². The van der Waals surface area contributed by atoms with Gasteiger partial charge in [-0.3, -0.25) is 9.59 Å². The van der Waals surface area contributed by atoms with Crippen molar-refractivity contribution < 1.29 is 14.3 Å². The normalized spacial score (nSPS) is 10.3. The van der Waals surface area contributed by atoms with Crippen molar-refractivity contribution in [2.75, 3.05) is 6.54 Å². The van der Waals surface area contributed by atoms with Crippen LogP contribution in [0.25, 0.3) is 11.1 Å². The Hall–Kier alpha value is -3.40. The number of rotatable bonds is 6. The summed E-state index contributed by atoms with van der Waals surface area (Å²) in [6, 6.07) is 24.9. The smallest absolute Gasteiger partial charge is 0.325 e. The number of ether oxygens (including phenoxy) is 1. The number of benzene rings is 3. The molecule has 0 spiro atoms.